The van der Waals surface area contributed by atoms with Crippen LogP contribution in [0.25, 0.3) is 0 Å². The van der Waals surface area contributed by atoms with Crippen LogP contribution in [0.3, 0.4) is 0 Å². The van der Waals surface area contributed by atoms with Crippen molar-refractivity contribution in [1.29, 1.82) is 0 Å². The molecule has 0 saturated heterocycles. The van der Waals surface area contributed by atoms with Gasteiger partial charge in [0.05, 0.1) is 16.8 Å². The highest BCUT2D eigenvalue weighted by Gasteiger charge is 2.32. The molecular weight excluding hydrogens is 433 g/mol. The predicted molar refractivity (Wildman–Crippen MR) is 117 cm³/mol. The molecule has 0 aliphatic rings. The Bertz CT molecular complexity index is 968. The number of carbonyl (C=O) groups is 1. The quantitative estimate of drug-likeness (QED) is 0.506. The lowest BCUT2D eigenvalue weighted by Crippen LogP contribution is -2.38. The fourth-order valence-corrected chi connectivity index (χ4v) is 5.26. The molecular formula is C21H25Cl2NO4S. The van der Waals surface area contributed by atoms with Gasteiger partial charge in [-0.15, -0.1) is 0 Å². The predicted octanol–water partition coefficient (Wildman–Crippen LogP) is 5.27. The van der Waals surface area contributed by atoms with Gasteiger partial charge in [0.15, 0.2) is 0 Å². The van der Waals surface area contributed by atoms with E-state index in [9.17, 15) is 13.2 Å². The lowest BCUT2D eigenvalue weighted by atomic mass is 10.0. The molecule has 2 aromatic carbocycles. The molecule has 0 unspecified atom stereocenters. The maximum absolute atomic E-state index is 13.6. The van der Waals surface area contributed by atoms with Crippen LogP contribution >= 0.6 is 23.2 Å². The molecule has 0 spiro atoms. The van der Waals surface area contributed by atoms with Gasteiger partial charge < -0.3 is 4.74 Å². The van der Waals surface area contributed by atoms with Gasteiger partial charge in [-0.25, -0.2) is 8.42 Å². The summed E-state index contributed by atoms with van der Waals surface area (Å²) < 4.78 is 33.6. The molecule has 2 rings (SSSR count). The maximum Gasteiger partial charge on any atom is 0.327 e. The molecule has 0 atom stereocenters. The molecule has 2 aromatic rings. The van der Waals surface area contributed by atoms with Crippen molar-refractivity contribution >= 4 is 44.9 Å². The first-order chi connectivity index (χ1) is 13.6. The normalized spacial score (nSPS) is 11.6. The molecule has 8 heteroatoms. The summed E-state index contributed by atoms with van der Waals surface area (Å²) >= 11 is 12.2. The smallest absolute Gasteiger partial charge is 0.327 e. The summed E-state index contributed by atoms with van der Waals surface area (Å²) in [5.41, 5.74) is 2.10. The van der Waals surface area contributed by atoms with Gasteiger partial charge in [-0.05, 0) is 56.0 Å². The number of para-hydroxylation sites is 1. The second-order valence-electron chi connectivity index (χ2n) is 6.76. The number of halogens is 2. The van der Waals surface area contributed by atoms with E-state index in [0.29, 0.717) is 18.5 Å². The van der Waals surface area contributed by atoms with Gasteiger partial charge in [0.25, 0.3) is 10.0 Å². The van der Waals surface area contributed by atoms with Crippen molar-refractivity contribution in [3.8, 4) is 0 Å². The van der Waals surface area contributed by atoms with Gasteiger partial charge in [0, 0.05) is 5.02 Å². The molecule has 0 bridgehead atoms. The van der Waals surface area contributed by atoms with E-state index in [4.69, 9.17) is 27.9 Å². The Balaban J connectivity index is 2.72. The number of anilines is 1. The number of carbonyl (C=O) groups excluding carboxylic acids is 1. The molecule has 5 nitrogen and oxygen atoms in total. The lowest BCUT2D eigenvalue weighted by Gasteiger charge is -2.28. The van der Waals surface area contributed by atoms with Crippen molar-refractivity contribution in [1.82, 2.24) is 0 Å². The van der Waals surface area contributed by atoms with Gasteiger partial charge in [-0.1, -0.05) is 55.2 Å². The molecule has 29 heavy (non-hydrogen) atoms. The number of esters is 1. The van der Waals surface area contributed by atoms with E-state index in [1.165, 1.54) is 18.2 Å². The molecule has 0 N–H and O–H groups in total. The SMILES string of the molecule is CCc1cccc(CC)c1N(CC(=O)OC(C)C)S(=O)(=O)c1cc(Cl)ccc1Cl. The van der Waals surface area contributed by atoms with Gasteiger partial charge in [0.1, 0.15) is 11.4 Å². The highest BCUT2D eigenvalue weighted by Crippen LogP contribution is 2.35. The number of rotatable bonds is 8. The Labute approximate surface area is 182 Å². The Morgan fingerprint density at radius 3 is 2.17 bits per heavy atom. The summed E-state index contributed by atoms with van der Waals surface area (Å²) in [6.45, 7) is 6.82. The molecule has 0 saturated carbocycles. The Kier molecular flexibility index (Phi) is 7.97. The molecule has 158 valence electrons. The largest absolute Gasteiger partial charge is 0.462 e. The van der Waals surface area contributed by atoms with Crippen molar-refractivity contribution in [3.63, 3.8) is 0 Å². The number of aryl methyl sites for hydroxylation is 2. The van der Waals surface area contributed by atoms with E-state index in [1.807, 2.05) is 32.0 Å². The van der Waals surface area contributed by atoms with Crippen LogP contribution in [-0.2, 0) is 32.4 Å². The summed E-state index contributed by atoms with van der Waals surface area (Å²) in [5, 5.41) is 0.265. The van der Waals surface area contributed by atoms with E-state index in [1.54, 1.807) is 13.8 Å². The average molecular weight is 458 g/mol. The molecule has 0 aliphatic heterocycles. The second-order valence-corrected chi connectivity index (χ2v) is 9.43. The van der Waals surface area contributed by atoms with Gasteiger partial charge >= 0.3 is 5.97 Å². The first-order valence-electron chi connectivity index (χ1n) is 9.39. The van der Waals surface area contributed by atoms with Gasteiger partial charge in [-0.2, -0.15) is 0 Å². The van der Waals surface area contributed by atoms with Gasteiger partial charge in [-0.3, -0.25) is 9.10 Å². The summed E-state index contributed by atoms with van der Waals surface area (Å²) in [6.07, 6.45) is 0.823. The highest BCUT2D eigenvalue weighted by atomic mass is 35.5. The van der Waals surface area contributed by atoms with Crippen molar-refractivity contribution in [2.24, 2.45) is 0 Å². The molecule has 0 aliphatic carbocycles. The van der Waals surface area contributed by atoms with E-state index in [-0.39, 0.29) is 21.0 Å². The summed E-state index contributed by atoms with van der Waals surface area (Å²) in [7, 11) is -4.19. The van der Waals surface area contributed by atoms with E-state index in [0.717, 1.165) is 15.4 Å². The first kappa shape index (κ1) is 23.5. The topological polar surface area (TPSA) is 63.7 Å². The van der Waals surface area contributed by atoms with Crippen LogP contribution in [0.1, 0.15) is 38.8 Å². The van der Waals surface area contributed by atoms with Crippen LogP contribution in [-0.4, -0.2) is 27.0 Å². The number of nitrogens with zero attached hydrogens (tertiary/aromatic N) is 1. The van der Waals surface area contributed by atoms with E-state index in [2.05, 4.69) is 0 Å². The van der Waals surface area contributed by atoms with Gasteiger partial charge in [0.2, 0.25) is 0 Å². The van der Waals surface area contributed by atoms with Crippen LogP contribution in [0.15, 0.2) is 41.3 Å². The van der Waals surface area contributed by atoms with Crippen molar-refractivity contribution < 1.29 is 17.9 Å². The van der Waals surface area contributed by atoms with Crippen LogP contribution in [0, 0.1) is 0 Å². The number of sulfonamides is 1. The monoisotopic (exact) mass is 457 g/mol. The molecule has 0 heterocycles. The van der Waals surface area contributed by atoms with Crippen LogP contribution < -0.4 is 4.31 Å². The van der Waals surface area contributed by atoms with Crippen molar-refractivity contribution in [2.45, 2.75) is 51.5 Å². The molecule has 0 radical (unpaired) electrons. The highest BCUT2D eigenvalue weighted by molar-refractivity contribution is 7.93. The Morgan fingerprint density at radius 1 is 1.07 bits per heavy atom. The minimum absolute atomic E-state index is 0.0312. The second kappa shape index (κ2) is 9.83. The third-order valence-corrected chi connectivity index (χ3v) is 6.78. The average Bonchev–Trinajstić information content (AvgIpc) is 2.66. The third-order valence-electron chi connectivity index (χ3n) is 4.32. The molecule has 0 amide bonds. The number of hydrogen-bond donors (Lipinski definition) is 0. The summed E-state index contributed by atoms with van der Waals surface area (Å²) in [6, 6.07) is 9.81. The summed E-state index contributed by atoms with van der Waals surface area (Å²) in [5.74, 6) is -0.644. The fraction of sp³-hybridized carbons (Fsp3) is 0.381. The minimum atomic E-state index is -4.19. The molecule has 0 fully saturated rings. The number of hydrogen-bond acceptors (Lipinski definition) is 4. The Hall–Kier alpha value is -1.76. The minimum Gasteiger partial charge on any atom is -0.462 e. The summed E-state index contributed by atoms with van der Waals surface area (Å²) in [4.78, 5) is 12.3. The first-order valence-corrected chi connectivity index (χ1v) is 11.6. The standard InChI is InChI=1S/C21H25Cl2NO4S/c1-5-15-8-7-9-16(6-2)21(15)24(13-20(25)28-14(3)4)29(26,27)19-12-17(22)10-11-18(19)23/h7-12,14H,5-6,13H2,1-4H3. The van der Waals surface area contributed by atoms with Crippen molar-refractivity contribution in [2.75, 3.05) is 10.8 Å². The zero-order chi connectivity index (χ0) is 21.8. The van der Waals surface area contributed by atoms with E-state index >= 15 is 0 Å². The zero-order valence-electron chi connectivity index (χ0n) is 16.9. The van der Waals surface area contributed by atoms with E-state index < -0.39 is 22.5 Å². The maximum atomic E-state index is 13.6. The van der Waals surface area contributed by atoms with Crippen LogP contribution in [0.4, 0.5) is 5.69 Å². The van der Waals surface area contributed by atoms with Crippen LogP contribution in [0.5, 0.6) is 0 Å². The van der Waals surface area contributed by atoms with Crippen molar-refractivity contribution in [3.05, 3.63) is 57.6 Å². The fourth-order valence-electron chi connectivity index (χ4n) is 3.03. The lowest BCUT2D eigenvalue weighted by molar-refractivity contribution is -0.145. The van der Waals surface area contributed by atoms with Crippen LogP contribution in [0.2, 0.25) is 10.0 Å². The number of benzene rings is 2. The zero-order valence-corrected chi connectivity index (χ0v) is 19.2. The molecule has 0 aromatic heterocycles. The third kappa shape index (κ3) is 5.44. The number of ether oxygens (including phenoxy) is 1. The Morgan fingerprint density at radius 2 is 1.66 bits per heavy atom.